The highest BCUT2D eigenvalue weighted by Crippen LogP contribution is 2.65. The van der Waals surface area contributed by atoms with Gasteiger partial charge in [-0.3, -0.25) is 4.79 Å². The smallest absolute Gasteiger partial charge is 0.161 e. The van der Waals surface area contributed by atoms with Crippen LogP contribution in [0.3, 0.4) is 0 Å². The Hall–Kier alpha value is -0.670. The van der Waals surface area contributed by atoms with E-state index in [0.717, 1.165) is 30.6 Å². The van der Waals surface area contributed by atoms with Crippen molar-refractivity contribution >= 4 is 5.78 Å². The summed E-state index contributed by atoms with van der Waals surface area (Å²) in [6, 6.07) is 0. The van der Waals surface area contributed by atoms with Crippen molar-refractivity contribution in [1.29, 1.82) is 0 Å². The van der Waals surface area contributed by atoms with Crippen LogP contribution < -0.4 is 0 Å². The van der Waals surface area contributed by atoms with E-state index in [1.165, 1.54) is 44.1 Å². The minimum absolute atomic E-state index is 0.0105. The minimum Gasteiger partial charge on any atom is -0.392 e. The van der Waals surface area contributed by atoms with Crippen molar-refractivity contribution in [3.63, 3.8) is 0 Å². The Balaban J connectivity index is 1.60. The van der Waals surface area contributed by atoms with Crippen LogP contribution in [0.2, 0.25) is 0 Å². The number of carbonyl (C=O) groups is 1. The molecule has 3 heteroatoms. The van der Waals surface area contributed by atoms with Gasteiger partial charge in [-0.15, -0.1) is 0 Å². The van der Waals surface area contributed by atoms with Crippen LogP contribution >= 0.6 is 0 Å². The second-order valence-electron chi connectivity index (χ2n) is 12.2. The number of hydrogen-bond acceptors (Lipinski definition) is 3. The first kappa shape index (κ1) is 22.5. The van der Waals surface area contributed by atoms with E-state index in [1.807, 2.05) is 0 Å². The molecular formula is C27H44O3. The Morgan fingerprint density at radius 2 is 1.83 bits per heavy atom. The third kappa shape index (κ3) is 3.52. The number of rotatable bonds is 5. The van der Waals surface area contributed by atoms with Gasteiger partial charge in [0, 0.05) is 6.42 Å². The number of Topliss-reactive ketones (excluding diaryl/α,β-unsaturated/α-hetero) is 1. The van der Waals surface area contributed by atoms with Gasteiger partial charge in [0.1, 0.15) is 6.10 Å². The summed E-state index contributed by atoms with van der Waals surface area (Å²) in [6.45, 7) is 11.9. The van der Waals surface area contributed by atoms with Gasteiger partial charge in [-0.25, -0.2) is 0 Å². The summed E-state index contributed by atoms with van der Waals surface area (Å²) in [6.07, 6.45) is 9.21. The molecule has 4 aliphatic carbocycles. The first-order chi connectivity index (χ1) is 14.1. The van der Waals surface area contributed by atoms with E-state index >= 15 is 0 Å². The summed E-state index contributed by atoms with van der Waals surface area (Å²) in [7, 11) is 0. The number of carbonyl (C=O) groups excluding carboxylic acids is 1. The maximum atomic E-state index is 12.5. The molecule has 0 bridgehead atoms. The number of fused-ring (bicyclic) bond motifs is 4. The molecule has 8 atom stereocenters. The SMILES string of the molecule is CC(C)CCC[C@@H](C)[C@H]1CCC2=C3CC(O)[C@H]4CC(O)C(=O)C[C@]4(C)[C@H]3CC[C@@]21C. The monoisotopic (exact) mass is 416 g/mol. The predicted molar refractivity (Wildman–Crippen MR) is 121 cm³/mol. The molecule has 0 spiro atoms. The highest BCUT2D eigenvalue weighted by Gasteiger charge is 2.59. The van der Waals surface area contributed by atoms with Crippen molar-refractivity contribution in [2.45, 2.75) is 111 Å². The molecule has 0 aromatic heterocycles. The highest BCUT2D eigenvalue weighted by atomic mass is 16.3. The zero-order chi connectivity index (χ0) is 21.8. The molecule has 0 aromatic rings. The van der Waals surface area contributed by atoms with Crippen LogP contribution in [0.15, 0.2) is 11.1 Å². The molecule has 0 heterocycles. The molecule has 30 heavy (non-hydrogen) atoms. The molecule has 4 aliphatic rings. The Morgan fingerprint density at radius 3 is 2.53 bits per heavy atom. The van der Waals surface area contributed by atoms with Crippen molar-refractivity contribution < 1.29 is 15.0 Å². The lowest BCUT2D eigenvalue weighted by Gasteiger charge is -2.57. The maximum Gasteiger partial charge on any atom is 0.161 e. The molecule has 0 amide bonds. The molecule has 3 saturated carbocycles. The topological polar surface area (TPSA) is 57.5 Å². The molecule has 0 saturated heterocycles. The van der Waals surface area contributed by atoms with E-state index in [0.29, 0.717) is 18.8 Å². The summed E-state index contributed by atoms with van der Waals surface area (Å²) >= 11 is 0. The van der Waals surface area contributed by atoms with Crippen LogP contribution in [-0.2, 0) is 4.79 Å². The predicted octanol–water partition coefficient (Wildman–Crippen LogP) is 5.68. The second-order valence-corrected chi connectivity index (χ2v) is 12.2. The fraction of sp³-hybridized carbons (Fsp3) is 0.889. The van der Waals surface area contributed by atoms with Gasteiger partial charge in [-0.05, 0) is 78.9 Å². The van der Waals surface area contributed by atoms with Crippen molar-refractivity contribution in [3.05, 3.63) is 11.1 Å². The molecular weight excluding hydrogens is 372 g/mol. The molecule has 2 unspecified atom stereocenters. The Labute approximate surface area is 183 Å². The lowest BCUT2D eigenvalue weighted by molar-refractivity contribution is -0.148. The van der Waals surface area contributed by atoms with E-state index in [1.54, 1.807) is 5.57 Å². The fourth-order valence-corrected chi connectivity index (χ4v) is 8.39. The second kappa shape index (κ2) is 8.03. The average Bonchev–Trinajstić information content (AvgIpc) is 3.01. The van der Waals surface area contributed by atoms with Gasteiger partial charge in [0.25, 0.3) is 0 Å². The first-order valence-corrected chi connectivity index (χ1v) is 12.7. The van der Waals surface area contributed by atoms with Gasteiger partial charge < -0.3 is 10.2 Å². The van der Waals surface area contributed by atoms with Crippen LogP contribution in [0.4, 0.5) is 0 Å². The third-order valence-corrected chi connectivity index (χ3v) is 10.0. The number of ketones is 1. The van der Waals surface area contributed by atoms with Gasteiger partial charge in [-0.2, -0.15) is 0 Å². The van der Waals surface area contributed by atoms with E-state index in [2.05, 4.69) is 34.6 Å². The van der Waals surface area contributed by atoms with E-state index < -0.39 is 12.2 Å². The molecule has 3 nitrogen and oxygen atoms in total. The molecule has 4 rings (SSSR count). The van der Waals surface area contributed by atoms with E-state index in [4.69, 9.17) is 0 Å². The maximum absolute atomic E-state index is 12.5. The number of hydrogen-bond donors (Lipinski definition) is 2. The number of aliphatic hydroxyl groups excluding tert-OH is 2. The molecule has 2 N–H and O–H groups in total. The van der Waals surface area contributed by atoms with Crippen LogP contribution in [-0.4, -0.2) is 28.2 Å². The molecule has 0 aliphatic heterocycles. The van der Waals surface area contributed by atoms with Gasteiger partial charge in [0.2, 0.25) is 0 Å². The number of allylic oxidation sites excluding steroid dienone is 1. The zero-order valence-corrected chi connectivity index (χ0v) is 19.9. The largest absolute Gasteiger partial charge is 0.392 e. The molecule has 170 valence electrons. The Kier molecular flexibility index (Phi) is 6.03. The summed E-state index contributed by atoms with van der Waals surface area (Å²) in [5, 5.41) is 21.3. The number of aliphatic hydroxyl groups is 2. The van der Waals surface area contributed by atoms with Crippen molar-refractivity contribution in [2.75, 3.05) is 0 Å². The van der Waals surface area contributed by atoms with Gasteiger partial charge in [-0.1, -0.05) is 65.0 Å². The third-order valence-electron chi connectivity index (χ3n) is 10.0. The van der Waals surface area contributed by atoms with Crippen molar-refractivity contribution in [3.8, 4) is 0 Å². The molecule has 3 fully saturated rings. The van der Waals surface area contributed by atoms with E-state index in [-0.39, 0.29) is 22.5 Å². The van der Waals surface area contributed by atoms with Crippen LogP contribution in [0, 0.1) is 40.4 Å². The highest BCUT2D eigenvalue weighted by molar-refractivity contribution is 5.84. The Bertz CT molecular complexity index is 709. The lowest BCUT2D eigenvalue weighted by atomic mass is 9.48. The summed E-state index contributed by atoms with van der Waals surface area (Å²) in [4.78, 5) is 12.5. The van der Waals surface area contributed by atoms with Gasteiger partial charge in [0.05, 0.1) is 6.10 Å². The molecule has 0 aromatic carbocycles. The van der Waals surface area contributed by atoms with Gasteiger partial charge >= 0.3 is 0 Å². The quantitative estimate of drug-likeness (QED) is 0.567. The van der Waals surface area contributed by atoms with Crippen molar-refractivity contribution in [1.82, 2.24) is 0 Å². The zero-order valence-electron chi connectivity index (χ0n) is 19.9. The summed E-state index contributed by atoms with van der Waals surface area (Å²) < 4.78 is 0. The van der Waals surface area contributed by atoms with Crippen LogP contribution in [0.1, 0.15) is 98.8 Å². The summed E-state index contributed by atoms with van der Waals surface area (Å²) in [5.41, 5.74) is 3.26. The van der Waals surface area contributed by atoms with Gasteiger partial charge in [0.15, 0.2) is 5.78 Å². The molecule has 0 radical (unpaired) electrons. The first-order valence-electron chi connectivity index (χ1n) is 12.7. The average molecular weight is 417 g/mol. The standard InChI is InChI=1S/C27H44O3/c1-16(2)7-6-8-17(3)19-9-10-20-18-13-23(28)22-14-24(29)25(30)15-27(22,5)21(18)11-12-26(19,20)4/h16-17,19,21-24,28-29H,6-15H2,1-5H3/t17-,19-,21+,22-,23?,24?,26-,27-/m1/s1. The van der Waals surface area contributed by atoms with Crippen molar-refractivity contribution in [2.24, 2.45) is 40.4 Å². The minimum atomic E-state index is -0.872. The summed E-state index contributed by atoms with van der Waals surface area (Å²) in [5.74, 6) is 2.76. The van der Waals surface area contributed by atoms with E-state index in [9.17, 15) is 15.0 Å². The lowest BCUT2D eigenvalue weighted by Crippen LogP contribution is -2.55. The Morgan fingerprint density at radius 1 is 1.10 bits per heavy atom. The van der Waals surface area contributed by atoms with Crippen LogP contribution in [0.5, 0.6) is 0 Å². The van der Waals surface area contributed by atoms with Crippen LogP contribution in [0.25, 0.3) is 0 Å². The fourth-order valence-electron chi connectivity index (χ4n) is 8.39. The normalized spacial score (nSPS) is 44.7.